The van der Waals surface area contributed by atoms with Crippen LogP contribution in [0.5, 0.6) is 5.75 Å². The third-order valence-electron chi connectivity index (χ3n) is 2.50. The van der Waals surface area contributed by atoms with Crippen molar-refractivity contribution in [3.05, 3.63) is 28.8 Å². The van der Waals surface area contributed by atoms with E-state index in [1.165, 1.54) is 0 Å². The highest BCUT2D eigenvalue weighted by Crippen LogP contribution is 2.28. The zero-order valence-corrected chi connectivity index (χ0v) is 9.38. The van der Waals surface area contributed by atoms with E-state index >= 15 is 0 Å². The predicted octanol–water partition coefficient (Wildman–Crippen LogP) is 2.01. The minimum Gasteiger partial charge on any atom is -0.495 e. The van der Waals surface area contributed by atoms with Crippen LogP contribution in [0.2, 0.25) is 5.02 Å². The molecule has 4 heteroatoms. The third-order valence-corrected chi connectivity index (χ3v) is 2.81. The Kier molecular flexibility index (Phi) is 3.46. The highest BCUT2D eigenvalue weighted by Gasteiger charge is 2.16. The summed E-state index contributed by atoms with van der Waals surface area (Å²) < 4.78 is 10.6. The van der Waals surface area contributed by atoms with Crippen molar-refractivity contribution in [1.29, 1.82) is 0 Å². The number of methoxy groups -OCH3 is 1. The number of rotatable bonds is 2. The van der Waals surface area contributed by atoms with Gasteiger partial charge in [-0.2, -0.15) is 0 Å². The lowest BCUT2D eigenvalue weighted by molar-refractivity contribution is 0.0768. The number of hydrogen-bond acceptors (Lipinski definition) is 3. The van der Waals surface area contributed by atoms with Crippen LogP contribution in [-0.2, 0) is 4.74 Å². The van der Waals surface area contributed by atoms with E-state index in [9.17, 15) is 0 Å². The molecule has 0 radical (unpaired) electrons. The van der Waals surface area contributed by atoms with E-state index in [-0.39, 0.29) is 6.04 Å². The van der Waals surface area contributed by atoms with E-state index < -0.39 is 0 Å². The van der Waals surface area contributed by atoms with Gasteiger partial charge in [0.25, 0.3) is 0 Å². The summed E-state index contributed by atoms with van der Waals surface area (Å²) in [7, 11) is 1.62. The predicted molar refractivity (Wildman–Crippen MR) is 59.6 cm³/mol. The second-order valence-electron chi connectivity index (χ2n) is 3.48. The lowest BCUT2D eigenvalue weighted by Gasteiger charge is -2.24. The van der Waals surface area contributed by atoms with Gasteiger partial charge in [-0.05, 0) is 17.7 Å². The van der Waals surface area contributed by atoms with Crippen LogP contribution in [0.4, 0.5) is 0 Å². The number of nitrogens with one attached hydrogen (secondary N) is 1. The quantitative estimate of drug-likeness (QED) is 0.839. The number of halogens is 1. The average molecular weight is 228 g/mol. The molecular formula is C11H14ClNO2. The Labute approximate surface area is 94.3 Å². The normalized spacial score (nSPS) is 21.3. The zero-order valence-electron chi connectivity index (χ0n) is 8.63. The molecule has 0 bridgehead atoms. The number of ether oxygens (including phenoxy) is 2. The van der Waals surface area contributed by atoms with Crippen molar-refractivity contribution in [1.82, 2.24) is 5.32 Å². The third kappa shape index (κ3) is 2.43. The minimum atomic E-state index is 0.241. The fourth-order valence-corrected chi connectivity index (χ4v) is 1.87. The summed E-state index contributed by atoms with van der Waals surface area (Å²) in [5.74, 6) is 0.710. The van der Waals surface area contributed by atoms with Crippen LogP contribution in [0.1, 0.15) is 11.6 Å². The summed E-state index contributed by atoms with van der Waals surface area (Å²) in [6.45, 7) is 2.36. The summed E-state index contributed by atoms with van der Waals surface area (Å²) in [6, 6.07) is 6.04. The van der Waals surface area contributed by atoms with Gasteiger partial charge in [0.15, 0.2) is 0 Å². The summed E-state index contributed by atoms with van der Waals surface area (Å²) in [6.07, 6.45) is 0. The molecule has 1 fully saturated rings. The van der Waals surface area contributed by atoms with Crippen LogP contribution in [-0.4, -0.2) is 26.9 Å². The van der Waals surface area contributed by atoms with Crippen molar-refractivity contribution >= 4 is 11.6 Å². The van der Waals surface area contributed by atoms with Gasteiger partial charge in [-0.3, -0.25) is 0 Å². The maximum Gasteiger partial charge on any atom is 0.137 e. The van der Waals surface area contributed by atoms with Crippen LogP contribution in [0.25, 0.3) is 0 Å². The fourth-order valence-electron chi connectivity index (χ4n) is 1.67. The molecule has 1 unspecified atom stereocenters. The molecule has 1 N–H and O–H groups in total. The molecule has 2 rings (SSSR count). The van der Waals surface area contributed by atoms with E-state index in [2.05, 4.69) is 5.32 Å². The van der Waals surface area contributed by atoms with E-state index in [0.717, 1.165) is 18.7 Å². The molecule has 1 heterocycles. The maximum absolute atomic E-state index is 5.96. The molecule has 15 heavy (non-hydrogen) atoms. The first kappa shape index (κ1) is 10.7. The van der Waals surface area contributed by atoms with E-state index in [1.807, 2.05) is 18.2 Å². The first-order valence-corrected chi connectivity index (χ1v) is 5.33. The molecule has 0 aliphatic carbocycles. The van der Waals surface area contributed by atoms with Gasteiger partial charge >= 0.3 is 0 Å². The first-order chi connectivity index (χ1) is 7.31. The Morgan fingerprint density at radius 3 is 3.07 bits per heavy atom. The van der Waals surface area contributed by atoms with Gasteiger partial charge in [0.1, 0.15) is 5.75 Å². The summed E-state index contributed by atoms with van der Waals surface area (Å²) >= 11 is 5.96. The minimum absolute atomic E-state index is 0.241. The molecule has 1 saturated heterocycles. The van der Waals surface area contributed by atoms with E-state index in [0.29, 0.717) is 17.4 Å². The van der Waals surface area contributed by atoms with Crippen LogP contribution in [0, 0.1) is 0 Å². The second kappa shape index (κ2) is 4.84. The Morgan fingerprint density at radius 1 is 1.53 bits per heavy atom. The maximum atomic E-state index is 5.96. The molecule has 82 valence electrons. The van der Waals surface area contributed by atoms with E-state index in [1.54, 1.807) is 7.11 Å². The largest absolute Gasteiger partial charge is 0.495 e. The molecular weight excluding hydrogens is 214 g/mol. The van der Waals surface area contributed by atoms with Crippen LogP contribution in [0.3, 0.4) is 0 Å². The van der Waals surface area contributed by atoms with Crippen molar-refractivity contribution in [2.24, 2.45) is 0 Å². The zero-order chi connectivity index (χ0) is 10.7. The lowest BCUT2D eigenvalue weighted by atomic mass is 10.1. The summed E-state index contributed by atoms with van der Waals surface area (Å²) in [4.78, 5) is 0. The molecule has 1 atom stereocenters. The fraction of sp³-hybridized carbons (Fsp3) is 0.455. The van der Waals surface area contributed by atoms with Crippen molar-refractivity contribution in [3.8, 4) is 5.75 Å². The van der Waals surface area contributed by atoms with Gasteiger partial charge in [0.2, 0.25) is 0 Å². The molecule has 0 saturated carbocycles. The topological polar surface area (TPSA) is 30.5 Å². The SMILES string of the molecule is COc1cc(C2COCCN2)ccc1Cl. The Bertz CT molecular complexity index is 337. The van der Waals surface area contributed by atoms with E-state index in [4.69, 9.17) is 21.1 Å². The Balaban J connectivity index is 2.20. The van der Waals surface area contributed by atoms with Gasteiger partial charge in [-0.1, -0.05) is 17.7 Å². The second-order valence-corrected chi connectivity index (χ2v) is 3.88. The monoisotopic (exact) mass is 227 g/mol. The van der Waals surface area contributed by atoms with Gasteiger partial charge < -0.3 is 14.8 Å². The number of hydrogen-bond donors (Lipinski definition) is 1. The van der Waals surface area contributed by atoms with Gasteiger partial charge in [-0.25, -0.2) is 0 Å². The number of benzene rings is 1. The molecule has 0 amide bonds. The number of morpholine rings is 1. The molecule has 0 spiro atoms. The van der Waals surface area contributed by atoms with Crippen molar-refractivity contribution in [3.63, 3.8) is 0 Å². The summed E-state index contributed by atoms with van der Waals surface area (Å²) in [5.41, 5.74) is 1.15. The standard InChI is InChI=1S/C11H14ClNO2/c1-14-11-6-8(2-3-9(11)12)10-7-15-5-4-13-10/h2-3,6,10,13H,4-5,7H2,1H3. The van der Waals surface area contributed by atoms with Crippen LogP contribution < -0.4 is 10.1 Å². The summed E-state index contributed by atoms with van der Waals surface area (Å²) in [5, 5.41) is 4.02. The van der Waals surface area contributed by atoms with Crippen molar-refractivity contribution in [2.75, 3.05) is 26.9 Å². The van der Waals surface area contributed by atoms with Crippen molar-refractivity contribution in [2.45, 2.75) is 6.04 Å². The molecule has 1 aromatic carbocycles. The Hall–Kier alpha value is -0.770. The highest BCUT2D eigenvalue weighted by atomic mass is 35.5. The van der Waals surface area contributed by atoms with Crippen LogP contribution >= 0.6 is 11.6 Å². The average Bonchev–Trinajstić information content (AvgIpc) is 2.31. The molecule has 3 nitrogen and oxygen atoms in total. The van der Waals surface area contributed by atoms with Gasteiger partial charge in [0, 0.05) is 6.54 Å². The molecule has 1 aliphatic rings. The molecule has 1 aliphatic heterocycles. The highest BCUT2D eigenvalue weighted by molar-refractivity contribution is 6.32. The molecule has 0 aromatic heterocycles. The first-order valence-electron chi connectivity index (χ1n) is 4.96. The smallest absolute Gasteiger partial charge is 0.137 e. The van der Waals surface area contributed by atoms with Gasteiger partial charge in [0.05, 0.1) is 31.4 Å². The van der Waals surface area contributed by atoms with Gasteiger partial charge in [-0.15, -0.1) is 0 Å². The lowest BCUT2D eigenvalue weighted by Crippen LogP contribution is -2.34. The molecule has 1 aromatic rings. The van der Waals surface area contributed by atoms with Crippen molar-refractivity contribution < 1.29 is 9.47 Å². The van der Waals surface area contributed by atoms with Crippen LogP contribution in [0.15, 0.2) is 18.2 Å². The Morgan fingerprint density at radius 2 is 2.40 bits per heavy atom.